The van der Waals surface area contributed by atoms with Gasteiger partial charge in [-0.2, -0.15) is 0 Å². The van der Waals surface area contributed by atoms with Gasteiger partial charge in [-0.1, -0.05) is 43.0 Å². The number of aromatic nitrogens is 1. The number of methoxy groups -OCH3 is 1. The molecule has 1 saturated carbocycles. The van der Waals surface area contributed by atoms with Gasteiger partial charge in [0.2, 0.25) is 0 Å². The standard InChI is InChI=1S/C32H38ClN3O5/c1-21-9-11-23(37)20-25(21)24-12-14-27(30(38)35-32(31(39)40-4)15-6-5-7-16-32)34-29(24)22-10-13-26(33)28(19-22)41-18-8-17-36(2)3/h9-14,19-20,37H,5-8,15-18H2,1-4H3,(H,35,38). The topological polar surface area (TPSA) is 101 Å². The monoisotopic (exact) mass is 579 g/mol. The average molecular weight is 580 g/mol. The number of aryl methyl sites for hydroxylation is 1. The van der Waals surface area contributed by atoms with E-state index in [0.29, 0.717) is 41.5 Å². The number of halogens is 1. The van der Waals surface area contributed by atoms with Crippen LogP contribution < -0.4 is 10.1 Å². The second-order valence-electron chi connectivity index (χ2n) is 10.8. The van der Waals surface area contributed by atoms with Crippen molar-refractivity contribution in [2.45, 2.75) is 51.0 Å². The molecule has 218 valence electrons. The van der Waals surface area contributed by atoms with Crippen molar-refractivity contribution in [3.63, 3.8) is 0 Å². The van der Waals surface area contributed by atoms with E-state index < -0.39 is 17.4 Å². The van der Waals surface area contributed by atoms with E-state index in [4.69, 9.17) is 26.1 Å². The molecule has 3 aromatic rings. The summed E-state index contributed by atoms with van der Waals surface area (Å²) in [6.45, 7) is 3.32. The zero-order chi connectivity index (χ0) is 29.6. The highest BCUT2D eigenvalue weighted by atomic mass is 35.5. The van der Waals surface area contributed by atoms with Gasteiger partial charge in [0.05, 0.1) is 24.4 Å². The van der Waals surface area contributed by atoms with Crippen LogP contribution in [0.2, 0.25) is 5.02 Å². The third-order valence-electron chi connectivity index (χ3n) is 7.49. The molecule has 1 aromatic heterocycles. The summed E-state index contributed by atoms with van der Waals surface area (Å²) in [7, 11) is 5.36. The van der Waals surface area contributed by atoms with E-state index >= 15 is 0 Å². The molecule has 8 nitrogen and oxygen atoms in total. The third-order valence-corrected chi connectivity index (χ3v) is 7.80. The molecule has 4 rings (SSSR count). The fourth-order valence-electron chi connectivity index (χ4n) is 5.26. The second kappa shape index (κ2) is 13.4. The zero-order valence-corrected chi connectivity index (χ0v) is 24.9. The molecule has 0 radical (unpaired) electrons. The van der Waals surface area contributed by atoms with Gasteiger partial charge in [0, 0.05) is 17.7 Å². The molecule has 1 aliphatic carbocycles. The number of carbonyl (C=O) groups is 2. The van der Waals surface area contributed by atoms with Crippen LogP contribution in [0.4, 0.5) is 0 Å². The van der Waals surface area contributed by atoms with Crippen molar-refractivity contribution in [3.8, 4) is 33.9 Å². The van der Waals surface area contributed by atoms with Gasteiger partial charge >= 0.3 is 5.97 Å². The van der Waals surface area contributed by atoms with Gasteiger partial charge in [-0.25, -0.2) is 9.78 Å². The van der Waals surface area contributed by atoms with Gasteiger partial charge < -0.3 is 24.8 Å². The molecule has 9 heteroatoms. The molecule has 0 saturated heterocycles. The molecule has 1 amide bonds. The highest BCUT2D eigenvalue weighted by Crippen LogP contribution is 2.38. The number of ether oxygens (including phenoxy) is 2. The molecule has 1 fully saturated rings. The van der Waals surface area contributed by atoms with E-state index in [2.05, 4.69) is 10.2 Å². The molecule has 0 atom stereocenters. The Morgan fingerprint density at radius 3 is 2.51 bits per heavy atom. The van der Waals surface area contributed by atoms with Gasteiger partial charge in [-0.05, 0) is 87.8 Å². The number of aromatic hydroxyl groups is 1. The van der Waals surface area contributed by atoms with Crippen molar-refractivity contribution in [3.05, 3.63) is 64.8 Å². The van der Waals surface area contributed by atoms with Crippen LogP contribution in [0.3, 0.4) is 0 Å². The number of hydrogen-bond donors (Lipinski definition) is 2. The Hall–Kier alpha value is -3.62. The molecule has 41 heavy (non-hydrogen) atoms. The van der Waals surface area contributed by atoms with Crippen LogP contribution >= 0.6 is 11.6 Å². The first-order valence-corrected chi connectivity index (χ1v) is 14.3. The van der Waals surface area contributed by atoms with E-state index in [0.717, 1.165) is 48.9 Å². The third kappa shape index (κ3) is 7.18. The first-order valence-electron chi connectivity index (χ1n) is 13.9. The number of phenolic OH excluding ortho intramolecular Hbond substituents is 1. The lowest BCUT2D eigenvalue weighted by atomic mass is 9.81. The molecule has 1 heterocycles. The lowest BCUT2D eigenvalue weighted by molar-refractivity contribution is -0.149. The fraction of sp³-hybridized carbons (Fsp3) is 0.406. The maximum atomic E-state index is 13.6. The molecule has 0 aliphatic heterocycles. The molecule has 0 bridgehead atoms. The SMILES string of the molecule is COC(=O)C1(NC(=O)c2ccc(-c3cc(O)ccc3C)c(-c3ccc(Cl)c(OCCCN(C)C)c3)n2)CCCCC1. The largest absolute Gasteiger partial charge is 0.508 e. The Labute approximate surface area is 246 Å². The summed E-state index contributed by atoms with van der Waals surface area (Å²) in [6, 6.07) is 14.0. The van der Waals surface area contributed by atoms with Crippen LogP contribution in [0.25, 0.3) is 22.4 Å². The lowest BCUT2D eigenvalue weighted by Gasteiger charge is -2.35. The number of nitrogens with one attached hydrogen (secondary N) is 1. The van der Waals surface area contributed by atoms with E-state index in [1.165, 1.54) is 7.11 Å². The van der Waals surface area contributed by atoms with Crippen LogP contribution in [0.1, 0.15) is 54.6 Å². The normalized spacial score (nSPS) is 14.5. The Bertz CT molecular complexity index is 1400. The summed E-state index contributed by atoms with van der Waals surface area (Å²) in [4.78, 5) is 33.2. The molecular formula is C32H38ClN3O5. The predicted molar refractivity (Wildman–Crippen MR) is 160 cm³/mol. The highest BCUT2D eigenvalue weighted by molar-refractivity contribution is 6.32. The van der Waals surface area contributed by atoms with Gasteiger partial charge in [0.1, 0.15) is 22.7 Å². The number of nitrogens with zero attached hydrogens (tertiary/aromatic N) is 2. The fourth-order valence-corrected chi connectivity index (χ4v) is 5.43. The van der Waals surface area contributed by atoms with Gasteiger partial charge in [0.25, 0.3) is 5.91 Å². The highest BCUT2D eigenvalue weighted by Gasteiger charge is 2.42. The first-order chi connectivity index (χ1) is 19.6. The Morgan fingerprint density at radius 1 is 1.05 bits per heavy atom. The average Bonchev–Trinajstić information content (AvgIpc) is 2.97. The van der Waals surface area contributed by atoms with Crippen LogP contribution in [0.15, 0.2) is 48.5 Å². The van der Waals surface area contributed by atoms with Crippen LogP contribution in [0.5, 0.6) is 11.5 Å². The number of phenols is 1. The second-order valence-corrected chi connectivity index (χ2v) is 11.2. The maximum Gasteiger partial charge on any atom is 0.331 e. The first kappa shape index (κ1) is 30.3. The minimum Gasteiger partial charge on any atom is -0.508 e. The van der Waals surface area contributed by atoms with Gasteiger partial charge in [0.15, 0.2) is 0 Å². The quantitative estimate of drug-likeness (QED) is 0.224. The van der Waals surface area contributed by atoms with Crippen molar-refractivity contribution in [2.75, 3.05) is 34.4 Å². The predicted octanol–water partition coefficient (Wildman–Crippen LogP) is 6.02. The number of carbonyl (C=O) groups excluding carboxylic acids is 2. The molecule has 0 spiro atoms. The molecule has 2 N–H and O–H groups in total. The van der Waals surface area contributed by atoms with E-state index in [-0.39, 0.29) is 11.4 Å². The zero-order valence-electron chi connectivity index (χ0n) is 24.1. The van der Waals surface area contributed by atoms with Crippen molar-refractivity contribution in [1.29, 1.82) is 0 Å². The van der Waals surface area contributed by atoms with Crippen LogP contribution in [0, 0.1) is 6.92 Å². The Morgan fingerprint density at radius 2 is 1.80 bits per heavy atom. The van der Waals surface area contributed by atoms with E-state index in [9.17, 15) is 14.7 Å². The Balaban J connectivity index is 1.75. The molecular weight excluding hydrogens is 542 g/mol. The number of pyridine rings is 1. The van der Waals surface area contributed by atoms with Crippen LogP contribution in [-0.2, 0) is 9.53 Å². The summed E-state index contributed by atoms with van der Waals surface area (Å²) < 4.78 is 11.1. The summed E-state index contributed by atoms with van der Waals surface area (Å²) in [5, 5.41) is 13.7. The van der Waals surface area contributed by atoms with Gasteiger partial charge in [-0.3, -0.25) is 4.79 Å². The number of hydrogen-bond acceptors (Lipinski definition) is 7. The van der Waals surface area contributed by atoms with Crippen LogP contribution in [-0.4, -0.2) is 66.8 Å². The molecule has 2 aromatic carbocycles. The summed E-state index contributed by atoms with van der Waals surface area (Å²) >= 11 is 6.48. The minimum atomic E-state index is -1.07. The lowest BCUT2D eigenvalue weighted by Crippen LogP contribution is -2.56. The van der Waals surface area contributed by atoms with Gasteiger partial charge in [-0.15, -0.1) is 0 Å². The molecule has 1 aliphatic rings. The van der Waals surface area contributed by atoms with E-state index in [1.807, 2.05) is 45.3 Å². The number of benzene rings is 2. The minimum absolute atomic E-state index is 0.122. The van der Waals surface area contributed by atoms with Crippen molar-refractivity contribution < 1.29 is 24.2 Å². The summed E-state index contributed by atoms with van der Waals surface area (Å²) in [6.07, 6.45) is 4.52. The van der Waals surface area contributed by atoms with Crippen molar-refractivity contribution in [1.82, 2.24) is 15.2 Å². The Kier molecular flexibility index (Phi) is 9.89. The van der Waals surface area contributed by atoms with E-state index in [1.54, 1.807) is 24.3 Å². The maximum absolute atomic E-state index is 13.6. The number of rotatable bonds is 10. The molecule has 0 unspecified atom stereocenters. The summed E-state index contributed by atoms with van der Waals surface area (Å²) in [5.41, 5.74) is 2.77. The smallest absolute Gasteiger partial charge is 0.331 e. The number of amides is 1. The number of esters is 1. The van der Waals surface area contributed by atoms with Crippen molar-refractivity contribution >= 4 is 23.5 Å². The van der Waals surface area contributed by atoms with Crippen molar-refractivity contribution in [2.24, 2.45) is 0 Å². The summed E-state index contributed by atoms with van der Waals surface area (Å²) in [5.74, 6) is -0.250.